The number of halogens is 1. The van der Waals surface area contributed by atoms with Gasteiger partial charge in [-0.15, -0.1) is 0 Å². The van der Waals surface area contributed by atoms with Crippen LogP contribution in [0.2, 0.25) is 0 Å². The van der Waals surface area contributed by atoms with Crippen LogP contribution in [0.4, 0.5) is 14.9 Å². The monoisotopic (exact) mass is 528 g/mol. The van der Waals surface area contributed by atoms with Crippen LogP contribution < -0.4 is 15.4 Å². The van der Waals surface area contributed by atoms with Gasteiger partial charge in [-0.25, -0.2) is 9.18 Å². The maximum absolute atomic E-state index is 14.5. The first kappa shape index (κ1) is 28.9. The molecule has 9 nitrogen and oxygen atoms in total. The Labute approximate surface area is 223 Å². The highest BCUT2D eigenvalue weighted by Gasteiger charge is 2.31. The average molecular weight is 529 g/mol. The van der Waals surface area contributed by atoms with Crippen molar-refractivity contribution in [1.29, 1.82) is 0 Å². The molecule has 3 atom stereocenters. The van der Waals surface area contributed by atoms with E-state index in [1.807, 2.05) is 20.8 Å². The number of nitrogens with one attached hydrogen (secondary N) is 2. The molecule has 0 fully saturated rings. The normalized spacial score (nSPS) is 20.5. The van der Waals surface area contributed by atoms with Crippen molar-refractivity contribution < 1.29 is 28.2 Å². The summed E-state index contributed by atoms with van der Waals surface area (Å²) in [6.07, 6.45) is 0.418. The third-order valence-corrected chi connectivity index (χ3v) is 6.61. The van der Waals surface area contributed by atoms with Gasteiger partial charge < -0.3 is 29.9 Å². The molecule has 38 heavy (non-hydrogen) atoms. The van der Waals surface area contributed by atoms with Gasteiger partial charge in [0.1, 0.15) is 18.2 Å². The molecular formula is C28H37FN4O5. The molecule has 206 valence electrons. The molecule has 0 saturated heterocycles. The highest BCUT2D eigenvalue weighted by Crippen LogP contribution is 2.27. The van der Waals surface area contributed by atoms with Gasteiger partial charge in [-0.1, -0.05) is 26.0 Å². The second kappa shape index (κ2) is 13.2. The average Bonchev–Trinajstić information content (AvgIpc) is 2.91. The smallest absolute Gasteiger partial charge is 0.319 e. The van der Waals surface area contributed by atoms with Crippen LogP contribution >= 0.6 is 0 Å². The van der Waals surface area contributed by atoms with E-state index in [1.54, 1.807) is 48.2 Å². The minimum Gasteiger partial charge on any atom is -0.491 e. The molecule has 1 heterocycles. The van der Waals surface area contributed by atoms with E-state index >= 15 is 0 Å². The summed E-state index contributed by atoms with van der Waals surface area (Å²) in [5, 5.41) is 5.48. The van der Waals surface area contributed by atoms with Crippen molar-refractivity contribution in [2.24, 2.45) is 5.92 Å². The summed E-state index contributed by atoms with van der Waals surface area (Å²) in [7, 11) is 3.24. The van der Waals surface area contributed by atoms with Crippen molar-refractivity contribution in [2.45, 2.75) is 39.3 Å². The number of carbonyl (C=O) groups is 3. The van der Waals surface area contributed by atoms with Gasteiger partial charge in [-0.05, 0) is 37.6 Å². The van der Waals surface area contributed by atoms with Crippen molar-refractivity contribution in [3.63, 3.8) is 0 Å². The Morgan fingerprint density at radius 3 is 2.58 bits per heavy atom. The topological polar surface area (TPSA) is 100 Å². The molecule has 2 aromatic rings. The van der Waals surface area contributed by atoms with Crippen LogP contribution in [-0.2, 0) is 4.74 Å². The van der Waals surface area contributed by atoms with E-state index in [0.717, 1.165) is 6.42 Å². The van der Waals surface area contributed by atoms with Crippen molar-refractivity contribution in [1.82, 2.24) is 15.1 Å². The van der Waals surface area contributed by atoms with Crippen LogP contribution in [-0.4, -0.2) is 80.2 Å². The number of carbonyl (C=O) groups excluding carboxylic acids is 3. The Bertz CT molecular complexity index is 1140. The maximum atomic E-state index is 14.5. The number of methoxy groups -OCH3 is 1. The molecule has 4 amide bonds. The molecule has 0 bridgehead atoms. The first-order valence-corrected chi connectivity index (χ1v) is 12.8. The van der Waals surface area contributed by atoms with Gasteiger partial charge >= 0.3 is 6.03 Å². The maximum Gasteiger partial charge on any atom is 0.319 e. The second-order valence-corrected chi connectivity index (χ2v) is 9.63. The van der Waals surface area contributed by atoms with E-state index < -0.39 is 17.8 Å². The van der Waals surface area contributed by atoms with Gasteiger partial charge in [0, 0.05) is 51.5 Å². The van der Waals surface area contributed by atoms with Crippen molar-refractivity contribution in [3.05, 3.63) is 59.4 Å². The van der Waals surface area contributed by atoms with Gasteiger partial charge in [0.25, 0.3) is 11.8 Å². The van der Waals surface area contributed by atoms with Gasteiger partial charge in [0.2, 0.25) is 0 Å². The molecule has 10 heteroatoms. The van der Waals surface area contributed by atoms with Crippen molar-refractivity contribution in [3.8, 4) is 5.75 Å². The Morgan fingerprint density at radius 2 is 1.89 bits per heavy atom. The number of amides is 4. The summed E-state index contributed by atoms with van der Waals surface area (Å²) in [6.45, 7) is 6.80. The molecule has 2 N–H and O–H groups in total. The Balaban J connectivity index is 1.97. The minimum absolute atomic E-state index is 0.0233. The predicted octanol–water partition coefficient (Wildman–Crippen LogP) is 4.00. The predicted molar refractivity (Wildman–Crippen MR) is 143 cm³/mol. The highest BCUT2D eigenvalue weighted by molar-refractivity contribution is 5.98. The number of hydrogen-bond acceptors (Lipinski definition) is 5. The zero-order valence-electron chi connectivity index (χ0n) is 22.6. The standard InChI is InChI=1S/C28H37FN4O5/c1-6-13-30-28(36)31-20-11-12-22-24(14-20)38-17-19(3)33(27(35)21-9-7-8-10-23(21)29)15-18(2)25(37-5)16-32(4)26(22)34/h7-12,14,18-19,25H,6,13,15-17H2,1-5H3,(H2,30,31,36)/t18-,19-,25+/m0/s1. The number of nitrogens with zero attached hydrogens (tertiary/aromatic N) is 2. The summed E-state index contributed by atoms with van der Waals surface area (Å²) in [5.74, 6) is -1.21. The molecule has 3 rings (SSSR count). The van der Waals surface area contributed by atoms with Crippen LogP contribution in [0.25, 0.3) is 0 Å². The third-order valence-electron chi connectivity index (χ3n) is 6.61. The number of fused-ring (bicyclic) bond motifs is 1. The fraction of sp³-hybridized carbons (Fsp3) is 0.464. The lowest BCUT2D eigenvalue weighted by Crippen LogP contribution is -2.48. The van der Waals surface area contributed by atoms with Crippen LogP contribution in [0, 0.1) is 11.7 Å². The van der Waals surface area contributed by atoms with E-state index in [4.69, 9.17) is 9.47 Å². The Hall–Kier alpha value is -3.66. The molecule has 0 saturated carbocycles. The Kier molecular flexibility index (Phi) is 10.1. The zero-order valence-corrected chi connectivity index (χ0v) is 22.6. The fourth-order valence-electron chi connectivity index (χ4n) is 4.34. The Morgan fingerprint density at radius 1 is 1.16 bits per heavy atom. The number of anilines is 1. The lowest BCUT2D eigenvalue weighted by atomic mass is 10.0. The molecule has 0 unspecified atom stereocenters. The molecule has 0 radical (unpaired) electrons. The van der Waals surface area contributed by atoms with Gasteiger partial charge in [-0.3, -0.25) is 9.59 Å². The van der Waals surface area contributed by atoms with Crippen LogP contribution in [0.5, 0.6) is 5.75 Å². The SMILES string of the molecule is CCCNC(=O)Nc1ccc2c(c1)OC[C@H](C)N(C(=O)c1ccccc1F)C[C@H](C)[C@H](OC)CN(C)C2=O. The number of rotatable bonds is 5. The minimum atomic E-state index is -0.597. The summed E-state index contributed by atoms with van der Waals surface area (Å²) >= 11 is 0. The first-order valence-electron chi connectivity index (χ1n) is 12.8. The fourth-order valence-corrected chi connectivity index (χ4v) is 4.34. The number of hydrogen-bond donors (Lipinski definition) is 2. The lowest BCUT2D eigenvalue weighted by Gasteiger charge is -2.36. The first-order chi connectivity index (χ1) is 18.2. The molecule has 0 aliphatic carbocycles. The summed E-state index contributed by atoms with van der Waals surface area (Å²) in [4.78, 5) is 42.1. The summed E-state index contributed by atoms with van der Waals surface area (Å²) in [6, 6.07) is 9.88. The molecule has 2 aromatic carbocycles. The van der Waals surface area contributed by atoms with E-state index in [-0.39, 0.29) is 55.0 Å². The van der Waals surface area contributed by atoms with Gasteiger partial charge in [-0.2, -0.15) is 0 Å². The summed E-state index contributed by atoms with van der Waals surface area (Å²) < 4.78 is 26.3. The molecule has 0 spiro atoms. The second-order valence-electron chi connectivity index (χ2n) is 9.63. The quantitative estimate of drug-likeness (QED) is 0.611. The zero-order chi connectivity index (χ0) is 27.8. The number of ether oxygens (including phenoxy) is 2. The van der Waals surface area contributed by atoms with Crippen molar-refractivity contribution >= 4 is 23.5 Å². The molecule has 0 aromatic heterocycles. The molecule has 1 aliphatic rings. The highest BCUT2D eigenvalue weighted by atomic mass is 19.1. The van der Waals surface area contributed by atoms with Crippen LogP contribution in [0.3, 0.4) is 0 Å². The van der Waals surface area contributed by atoms with Gasteiger partial charge in [0.05, 0.1) is 23.3 Å². The van der Waals surface area contributed by atoms with Crippen LogP contribution in [0.15, 0.2) is 42.5 Å². The lowest BCUT2D eigenvalue weighted by molar-refractivity contribution is 0.0110. The number of likely N-dealkylation sites (N-methyl/N-ethyl adjacent to an activating group) is 1. The number of urea groups is 1. The molecular weight excluding hydrogens is 491 g/mol. The largest absolute Gasteiger partial charge is 0.491 e. The van der Waals surface area contributed by atoms with Gasteiger partial charge in [0.15, 0.2) is 0 Å². The number of benzene rings is 2. The van der Waals surface area contributed by atoms with E-state index in [1.165, 1.54) is 18.2 Å². The van der Waals surface area contributed by atoms with Crippen LogP contribution in [0.1, 0.15) is 47.9 Å². The van der Waals surface area contributed by atoms with E-state index in [2.05, 4.69) is 10.6 Å². The third kappa shape index (κ3) is 7.00. The van der Waals surface area contributed by atoms with E-state index in [9.17, 15) is 18.8 Å². The van der Waals surface area contributed by atoms with E-state index in [0.29, 0.717) is 17.8 Å². The molecule has 1 aliphatic heterocycles. The van der Waals surface area contributed by atoms with Crippen molar-refractivity contribution in [2.75, 3.05) is 45.7 Å². The summed E-state index contributed by atoms with van der Waals surface area (Å²) in [5.41, 5.74) is 0.745.